The molecule has 0 aromatic carbocycles. The molecule has 1 unspecified atom stereocenters. The molecule has 0 aromatic heterocycles. The van der Waals surface area contributed by atoms with Crippen molar-refractivity contribution in [2.24, 2.45) is 0 Å². The first-order valence-electron chi connectivity index (χ1n) is 3.81. The molecule has 4 heteroatoms. The summed E-state index contributed by atoms with van der Waals surface area (Å²) in [7, 11) is 2.61. The first kappa shape index (κ1) is 13.1. The fraction of sp³-hybridized carbons (Fsp3) is 0.333. The van der Waals surface area contributed by atoms with Gasteiger partial charge in [0.15, 0.2) is 0 Å². The Kier molecular flexibility index (Phi) is 10.2. The van der Waals surface area contributed by atoms with Gasteiger partial charge in [-0.1, -0.05) is 39.8 Å². The van der Waals surface area contributed by atoms with Crippen LogP contribution in [0.3, 0.4) is 0 Å². The molecule has 0 aromatic rings. The van der Waals surface area contributed by atoms with Crippen LogP contribution in [0.4, 0.5) is 0 Å². The number of hydrogen-bond donors (Lipinski definition) is 0. The largest absolute Gasteiger partial charge is 0.255 e. The molecule has 0 aliphatic rings. The molecule has 0 saturated heterocycles. The minimum Gasteiger partial charge on any atom is -0.255 e. The molecule has 1 atom stereocenters. The summed E-state index contributed by atoms with van der Waals surface area (Å²) in [4.78, 5) is 0. The average Bonchev–Trinajstić information content (AvgIpc) is 2.11. The molecule has 13 heavy (non-hydrogen) atoms. The van der Waals surface area contributed by atoms with Gasteiger partial charge in [-0.15, -0.1) is 13.2 Å². The Morgan fingerprint density at radius 1 is 1.15 bits per heavy atom. The summed E-state index contributed by atoms with van der Waals surface area (Å²) in [5.74, 6) is 2.39. The molecule has 0 amide bonds. The molecule has 0 heterocycles. The molecule has 0 fully saturated rings. The molecular formula is C9H14OS3. The Balaban J connectivity index is 3.34. The summed E-state index contributed by atoms with van der Waals surface area (Å²) in [6.45, 7) is 7.14. The lowest BCUT2D eigenvalue weighted by atomic mass is 10.8. The summed E-state index contributed by atoms with van der Waals surface area (Å²) >= 11 is 0. The van der Waals surface area contributed by atoms with Crippen LogP contribution in [0.15, 0.2) is 36.8 Å². The summed E-state index contributed by atoms with van der Waals surface area (Å²) in [5.41, 5.74) is 0. The van der Waals surface area contributed by atoms with Crippen molar-refractivity contribution in [3.63, 3.8) is 0 Å². The number of hydrogen-bond acceptors (Lipinski definition) is 3. The van der Waals surface area contributed by atoms with Crippen molar-refractivity contribution < 1.29 is 4.21 Å². The molecule has 1 nitrogen and oxygen atoms in total. The third-order valence-corrected chi connectivity index (χ3v) is 4.21. The third kappa shape index (κ3) is 9.99. The predicted molar refractivity (Wildman–Crippen MR) is 67.5 cm³/mol. The highest BCUT2D eigenvalue weighted by atomic mass is 33.1. The molecule has 0 N–H and O–H groups in total. The standard InChI is InChI=1S/C9H14OS3/c1-3-6-11-12-7-5-9-13(10)8-4-2/h3-5,9H,1-2,6-8H2/b9-5+. The van der Waals surface area contributed by atoms with Crippen LogP contribution in [-0.2, 0) is 10.8 Å². The highest BCUT2D eigenvalue weighted by Crippen LogP contribution is 2.20. The van der Waals surface area contributed by atoms with Crippen LogP contribution in [0.2, 0.25) is 0 Å². The van der Waals surface area contributed by atoms with Gasteiger partial charge in [-0.05, 0) is 5.41 Å². The molecule has 0 rings (SSSR count). The van der Waals surface area contributed by atoms with Crippen LogP contribution in [0.25, 0.3) is 0 Å². The van der Waals surface area contributed by atoms with Crippen LogP contribution < -0.4 is 0 Å². The molecule has 74 valence electrons. The topological polar surface area (TPSA) is 17.1 Å². The fourth-order valence-corrected chi connectivity index (χ4v) is 2.84. The van der Waals surface area contributed by atoms with Gasteiger partial charge < -0.3 is 0 Å². The van der Waals surface area contributed by atoms with Crippen molar-refractivity contribution >= 4 is 32.4 Å². The van der Waals surface area contributed by atoms with Crippen LogP contribution in [0.5, 0.6) is 0 Å². The van der Waals surface area contributed by atoms with Crippen molar-refractivity contribution in [1.29, 1.82) is 0 Å². The van der Waals surface area contributed by atoms with Gasteiger partial charge in [0.1, 0.15) is 0 Å². The smallest absolute Gasteiger partial charge is 0.0491 e. The second-order valence-electron chi connectivity index (χ2n) is 2.07. The van der Waals surface area contributed by atoms with Crippen LogP contribution in [0.1, 0.15) is 0 Å². The summed E-state index contributed by atoms with van der Waals surface area (Å²) in [6.07, 6.45) is 5.47. The maximum absolute atomic E-state index is 11.1. The van der Waals surface area contributed by atoms with E-state index in [4.69, 9.17) is 0 Å². The van der Waals surface area contributed by atoms with Crippen molar-refractivity contribution in [2.45, 2.75) is 0 Å². The fourth-order valence-electron chi connectivity index (χ4n) is 0.502. The quantitative estimate of drug-likeness (QED) is 0.365. The summed E-state index contributed by atoms with van der Waals surface area (Å²) < 4.78 is 11.1. The Morgan fingerprint density at radius 3 is 2.46 bits per heavy atom. The van der Waals surface area contributed by atoms with Gasteiger partial charge in [0.05, 0.1) is 0 Å². The van der Waals surface area contributed by atoms with Crippen molar-refractivity contribution in [2.75, 3.05) is 17.3 Å². The molecule has 0 bridgehead atoms. The van der Waals surface area contributed by atoms with E-state index in [9.17, 15) is 4.21 Å². The molecule has 0 spiro atoms. The maximum Gasteiger partial charge on any atom is 0.0491 e. The normalized spacial score (nSPS) is 12.9. The van der Waals surface area contributed by atoms with Crippen LogP contribution in [-0.4, -0.2) is 21.5 Å². The van der Waals surface area contributed by atoms with E-state index in [-0.39, 0.29) is 0 Å². The highest BCUT2D eigenvalue weighted by Gasteiger charge is 1.88. The van der Waals surface area contributed by atoms with Crippen molar-refractivity contribution in [3.05, 3.63) is 36.8 Å². The molecule has 0 aliphatic heterocycles. The zero-order valence-electron chi connectivity index (χ0n) is 7.48. The van der Waals surface area contributed by atoms with Gasteiger partial charge >= 0.3 is 0 Å². The predicted octanol–water partition coefficient (Wildman–Crippen LogP) is 3.00. The molecular weight excluding hydrogens is 220 g/mol. The minimum absolute atomic E-state index is 0.543. The lowest BCUT2D eigenvalue weighted by Crippen LogP contribution is -1.87. The SMILES string of the molecule is C=CCSSC/C=C/S(=O)CC=C. The number of rotatable bonds is 8. The maximum atomic E-state index is 11.1. The van der Waals surface area contributed by atoms with E-state index < -0.39 is 10.8 Å². The van der Waals surface area contributed by atoms with E-state index in [1.165, 1.54) is 0 Å². The third-order valence-electron chi connectivity index (χ3n) is 0.964. The Labute approximate surface area is 90.6 Å². The van der Waals surface area contributed by atoms with E-state index in [0.29, 0.717) is 5.75 Å². The van der Waals surface area contributed by atoms with E-state index in [0.717, 1.165) is 11.5 Å². The zero-order chi connectivity index (χ0) is 9.94. The molecule has 0 radical (unpaired) electrons. The second kappa shape index (κ2) is 10.2. The highest BCUT2D eigenvalue weighted by molar-refractivity contribution is 8.76. The van der Waals surface area contributed by atoms with E-state index in [1.54, 1.807) is 33.1 Å². The Hall–Kier alpha value is 0.0700. The summed E-state index contributed by atoms with van der Waals surface area (Å²) in [6, 6.07) is 0. The van der Waals surface area contributed by atoms with E-state index >= 15 is 0 Å². The van der Waals surface area contributed by atoms with Crippen LogP contribution in [0, 0.1) is 0 Å². The van der Waals surface area contributed by atoms with Crippen molar-refractivity contribution in [1.82, 2.24) is 0 Å². The Bertz CT molecular complexity index is 199. The van der Waals surface area contributed by atoms with E-state index in [1.807, 2.05) is 12.2 Å². The Morgan fingerprint density at radius 2 is 1.85 bits per heavy atom. The van der Waals surface area contributed by atoms with Crippen molar-refractivity contribution in [3.8, 4) is 0 Å². The monoisotopic (exact) mass is 234 g/mol. The molecule has 0 aliphatic carbocycles. The van der Waals surface area contributed by atoms with Gasteiger partial charge in [0, 0.05) is 28.1 Å². The van der Waals surface area contributed by atoms with Gasteiger partial charge in [-0.3, -0.25) is 4.21 Å². The van der Waals surface area contributed by atoms with E-state index in [2.05, 4.69) is 13.2 Å². The van der Waals surface area contributed by atoms with Gasteiger partial charge in [0.2, 0.25) is 0 Å². The average molecular weight is 234 g/mol. The lowest BCUT2D eigenvalue weighted by molar-refractivity contribution is 0.690. The summed E-state index contributed by atoms with van der Waals surface area (Å²) in [5, 5.41) is 1.73. The zero-order valence-corrected chi connectivity index (χ0v) is 9.93. The lowest BCUT2D eigenvalue weighted by Gasteiger charge is -1.92. The van der Waals surface area contributed by atoms with Crippen LogP contribution >= 0.6 is 21.6 Å². The first-order chi connectivity index (χ1) is 6.31. The second-order valence-corrected chi connectivity index (χ2v) is 5.98. The van der Waals surface area contributed by atoms with Gasteiger partial charge in [-0.25, -0.2) is 0 Å². The van der Waals surface area contributed by atoms with Gasteiger partial charge in [-0.2, -0.15) is 0 Å². The molecule has 0 saturated carbocycles. The minimum atomic E-state index is -0.869. The van der Waals surface area contributed by atoms with Gasteiger partial charge in [0.25, 0.3) is 0 Å². The first-order valence-corrected chi connectivity index (χ1v) is 7.68.